The minimum atomic E-state index is 0.0178. The summed E-state index contributed by atoms with van der Waals surface area (Å²) in [5, 5.41) is 13.8. The predicted octanol–water partition coefficient (Wildman–Crippen LogP) is 1.65. The Morgan fingerprint density at radius 2 is 2.11 bits per heavy atom. The van der Waals surface area contributed by atoms with Crippen LogP contribution in [0.1, 0.15) is 20.3 Å². The number of rotatable bonds is 4. The molecule has 6 heteroatoms. The normalized spacial score (nSPS) is 12.1. The zero-order chi connectivity index (χ0) is 13.0. The van der Waals surface area contributed by atoms with Crippen molar-refractivity contribution >= 4 is 11.6 Å². The molecule has 1 heterocycles. The first-order valence-corrected chi connectivity index (χ1v) is 5.85. The molecule has 0 radical (unpaired) electrons. The molecule has 0 aliphatic carbocycles. The largest absolute Gasteiger partial charge is 0.326 e. The number of carbonyl (C=O) groups excluding carboxylic acids is 1. The Labute approximate surface area is 105 Å². The van der Waals surface area contributed by atoms with E-state index in [2.05, 4.69) is 20.8 Å². The number of amides is 1. The van der Waals surface area contributed by atoms with Gasteiger partial charge in [0.15, 0.2) is 0 Å². The number of nitrogens with one attached hydrogen (secondary N) is 1. The number of tetrazole rings is 1. The molecule has 0 aliphatic rings. The number of anilines is 1. The van der Waals surface area contributed by atoms with Gasteiger partial charge in [-0.2, -0.15) is 0 Å². The van der Waals surface area contributed by atoms with Gasteiger partial charge in [0.25, 0.3) is 0 Å². The van der Waals surface area contributed by atoms with Crippen molar-refractivity contribution in [3.05, 3.63) is 30.6 Å². The first-order chi connectivity index (χ1) is 8.70. The summed E-state index contributed by atoms with van der Waals surface area (Å²) in [4.78, 5) is 11.7. The van der Waals surface area contributed by atoms with Crippen LogP contribution in [0.3, 0.4) is 0 Å². The maximum absolute atomic E-state index is 11.7. The Balaban J connectivity index is 2.06. The third-order valence-corrected chi connectivity index (χ3v) is 2.81. The van der Waals surface area contributed by atoms with E-state index in [1.165, 1.54) is 6.33 Å². The monoisotopic (exact) mass is 245 g/mol. The van der Waals surface area contributed by atoms with E-state index in [1.54, 1.807) is 4.68 Å². The molecule has 0 aliphatic heterocycles. The highest BCUT2D eigenvalue weighted by Gasteiger charge is 2.10. The average Bonchev–Trinajstić information content (AvgIpc) is 2.92. The van der Waals surface area contributed by atoms with Crippen LogP contribution in [-0.2, 0) is 4.79 Å². The van der Waals surface area contributed by atoms with E-state index in [-0.39, 0.29) is 11.8 Å². The smallest absolute Gasteiger partial charge is 0.227 e. The van der Waals surface area contributed by atoms with Crippen molar-refractivity contribution in [1.82, 2.24) is 20.2 Å². The lowest BCUT2D eigenvalue weighted by atomic mass is 10.1. The van der Waals surface area contributed by atoms with Crippen molar-refractivity contribution in [1.29, 1.82) is 0 Å². The average molecular weight is 245 g/mol. The van der Waals surface area contributed by atoms with E-state index in [4.69, 9.17) is 0 Å². The number of nitrogens with zero attached hydrogens (tertiary/aromatic N) is 4. The van der Waals surface area contributed by atoms with Crippen LogP contribution >= 0.6 is 0 Å². The van der Waals surface area contributed by atoms with E-state index < -0.39 is 0 Å². The minimum Gasteiger partial charge on any atom is -0.326 e. The molecular weight excluding hydrogens is 230 g/mol. The molecular formula is C12H15N5O. The summed E-state index contributed by atoms with van der Waals surface area (Å²) in [7, 11) is 0. The van der Waals surface area contributed by atoms with Crippen molar-refractivity contribution < 1.29 is 4.79 Å². The molecule has 0 fully saturated rings. The summed E-state index contributed by atoms with van der Waals surface area (Å²) in [6.07, 6.45) is 2.35. The summed E-state index contributed by atoms with van der Waals surface area (Å²) in [6, 6.07) is 7.36. The first-order valence-electron chi connectivity index (χ1n) is 5.85. The first kappa shape index (κ1) is 12.2. The topological polar surface area (TPSA) is 72.7 Å². The molecule has 2 aromatic rings. The van der Waals surface area contributed by atoms with Crippen molar-refractivity contribution in [2.45, 2.75) is 20.3 Å². The Kier molecular flexibility index (Phi) is 3.66. The summed E-state index contributed by atoms with van der Waals surface area (Å²) in [5.74, 6) is 0.0527. The van der Waals surface area contributed by atoms with Crippen LogP contribution in [0.2, 0.25) is 0 Å². The Morgan fingerprint density at radius 1 is 1.39 bits per heavy atom. The molecule has 0 bridgehead atoms. The quantitative estimate of drug-likeness (QED) is 0.888. The summed E-state index contributed by atoms with van der Waals surface area (Å²) >= 11 is 0. The third-order valence-electron chi connectivity index (χ3n) is 2.81. The molecule has 1 aromatic carbocycles. The third kappa shape index (κ3) is 2.71. The van der Waals surface area contributed by atoms with Gasteiger partial charge in [-0.1, -0.05) is 13.8 Å². The molecule has 0 spiro atoms. The molecule has 94 valence electrons. The van der Waals surface area contributed by atoms with Gasteiger partial charge in [0.2, 0.25) is 5.91 Å². The van der Waals surface area contributed by atoms with Crippen LogP contribution in [0, 0.1) is 5.92 Å². The number of carbonyl (C=O) groups is 1. The molecule has 0 unspecified atom stereocenters. The number of hydrogen-bond donors (Lipinski definition) is 1. The fourth-order valence-corrected chi connectivity index (χ4v) is 1.43. The van der Waals surface area contributed by atoms with Crippen molar-refractivity contribution in [3.63, 3.8) is 0 Å². The van der Waals surface area contributed by atoms with Crippen LogP contribution in [-0.4, -0.2) is 26.1 Å². The second-order valence-electron chi connectivity index (χ2n) is 4.10. The maximum Gasteiger partial charge on any atom is 0.227 e. The molecule has 1 N–H and O–H groups in total. The maximum atomic E-state index is 11.7. The lowest BCUT2D eigenvalue weighted by Gasteiger charge is -2.10. The molecule has 1 amide bonds. The Morgan fingerprint density at radius 3 is 2.67 bits per heavy atom. The molecule has 0 saturated heterocycles. The second kappa shape index (κ2) is 5.39. The van der Waals surface area contributed by atoms with Crippen LogP contribution < -0.4 is 5.32 Å². The lowest BCUT2D eigenvalue weighted by molar-refractivity contribution is -0.119. The summed E-state index contributed by atoms with van der Waals surface area (Å²) < 4.78 is 1.56. The van der Waals surface area contributed by atoms with Crippen molar-refractivity contribution in [3.8, 4) is 5.69 Å². The van der Waals surface area contributed by atoms with Crippen molar-refractivity contribution in [2.75, 3.05) is 5.32 Å². The number of aromatic nitrogens is 4. The highest BCUT2D eigenvalue weighted by atomic mass is 16.1. The van der Waals surface area contributed by atoms with E-state index in [0.29, 0.717) is 0 Å². The highest BCUT2D eigenvalue weighted by Crippen LogP contribution is 2.13. The second-order valence-corrected chi connectivity index (χ2v) is 4.10. The van der Waals surface area contributed by atoms with Crippen molar-refractivity contribution in [2.24, 2.45) is 5.92 Å². The van der Waals surface area contributed by atoms with Gasteiger partial charge in [-0.3, -0.25) is 4.79 Å². The summed E-state index contributed by atoms with van der Waals surface area (Å²) in [6.45, 7) is 3.90. The van der Waals surface area contributed by atoms with Crippen LogP contribution in [0.4, 0.5) is 5.69 Å². The zero-order valence-electron chi connectivity index (χ0n) is 10.4. The predicted molar refractivity (Wildman–Crippen MR) is 67.2 cm³/mol. The van der Waals surface area contributed by atoms with E-state index in [1.807, 2.05) is 38.1 Å². The lowest BCUT2D eigenvalue weighted by Crippen LogP contribution is -2.19. The molecule has 0 saturated carbocycles. The Hall–Kier alpha value is -2.24. The fraction of sp³-hybridized carbons (Fsp3) is 0.333. The summed E-state index contributed by atoms with van der Waals surface area (Å²) in [5.41, 5.74) is 1.62. The molecule has 2 rings (SSSR count). The fourth-order valence-electron chi connectivity index (χ4n) is 1.43. The Bertz CT molecular complexity index is 506. The minimum absolute atomic E-state index is 0.0178. The van der Waals surface area contributed by atoms with Crippen LogP contribution in [0.25, 0.3) is 5.69 Å². The van der Waals surface area contributed by atoms with E-state index in [0.717, 1.165) is 17.8 Å². The standard InChI is InChI=1S/C12H15N5O/c1-3-9(2)12(18)14-10-4-6-11(7-5-10)17-8-13-15-16-17/h4-9H,3H2,1-2H3,(H,14,18)/t9-/m0/s1. The molecule has 1 atom stereocenters. The number of hydrogen-bond acceptors (Lipinski definition) is 4. The molecule has 6 nitrogen and oxygen atoms in total. The van der Waals surface area contributed by atoms with Gasteiger partial charge in [0, 0.05) is 11.6 Å². The van der Waals surface area contributed by atoms with Gasteiger partial charge in [0.05, 0.1) is 5.69 Å². The van der Waals surface area contributed by atoms with Crippen LogP contribution in [0.15, 0.2) is 30.6 Å². The zero-order valence-corrected chi connectivity index (χ0v) is 10.4. The molecule has 1 aromatic heterocycles. The highest BCUT2D eigenvalue weighted by molar-refractivity contribution is 5.92. The van der Waals surface area contributed by atoms with Gasteiger partial charge in [0.1, 0.15) is 6.33 Å². The SMILES string of the molecule is CC[C@H](C)C(=O)Nc1ccc(-n2cnnn2)cc1. The number of benzene rings is 1. The van der Waals surface area contributed by atoms with Gasteiger partial charge in [-0.15, -0.1) is 5.10 Å². The van der Waals surface area contributed by atoms with Gasteiger partial charge >= 0.3 is 0 Å². The van der Waals surface area contributed by atoms with Gasteiger partial charge in [-0.25, -0.2) is 4.68 Å². The molecule has 18 heavy (non-hydrogen) atoms. The van der Waals surface area contributed by atoms with Crippen LogP contribution in [0.5, 0.6) is 0 Å². The van der Waals surface area contributed by atoms with Gasteiger partial charge < -0.3 is 5.32 Å². The van der Waals surface area contributed by atoms with Gasteiger partial charge in [-0.05, 0) is 41.1 Å². The van der Waals surface area contributed by atoms with E-state index in [9.17, 15) is 4.79 Å². The van der Waals surface area contributed by atoms with E-state index >= 15 is 0 Å².